The van der Waals surface area contributed by atoms with E-state index in [2.05, 4.69) is 5.32 Å². The second kappa shape index (κ2) is 13.1. The molecular formula is C31H30N2O5. The van der Waals surface area contributed by atoms with Gasteiger partial charge in [0.25, 0.3) is 5.91 Å². The number of nitrogens with two attached hydrogens (primary N) is 1. The summed E-state index contributed by atoms with van der Waals surface area (Å²) < 4.78 is 12.1. The number of nitrogens with one attached hydrogen (secondary N) is 1. The standard InChI is InChI=1S/C31H30N2O5/c32-30(35)26(33-31(36)29(34)25-14-8-3-9-15-25)18-24-16-17-27(37-20-22-10-4-1-5-11-22)28(19-24)38-21-23-12-6-2-7-13-23/h1-17,19,26,29,34H,18,20-21H2,(H2,32,35)(H,33,36)/t26-,29+/m1/s1. The molecule has 7 nitrogen and oxygen atoms in total. The van der Waals surface area contributed by atoms with Crippen molar-refractivity contribution in [1.29, 1.82) is 0 Å². The van der Waals surface area contributed by atoms with Gasteiger partial charge in [-0.1, -0.05) is 97.1 Å². The van der Waals surface area contributed by atoms with Gasteiger partial charge in [-0.3, -0.25) is 9.59 Å². The fourth-order valence-electron chi connectivity index (χ4n) is 3.88. The number of rotatable bonds is 12. The molecule has 4 N–H and O–H groups in total. The number of hydrogen-bond donors (Lipinski definition) is 3. The molecule has 0 aliphatic carbocycles. The van der Waals surface area contributed by atoms with Gasteiger partial charge in [0.15, 0.2) is 17.6 Å². The molecule has 0 aromatic heterocycles. The van der Waals surface area contributed by atoms with E-state index in [-0.39, 0.29) is 6.42 Å². The van der Waals surface area contributed by atoms with E-state index < -0.39 is 24.0 Å². The molecule has 0 bridgehead atoms. The number of hydrogen-bond acceptors (Lipinski definition) is 5. The van der Waals surface area contributed by atoms with Crippen LogP contribution in [0.15, 0.2) is 109 Å². The minimum Gasteiger partial charge on any atom is -0.485 e. The quantitative estimate of drug-likeness (QED) is 0.266. The predicted octanol–water partition coefficient (Wildman–Crippen LogP) is 4.09. The molecule has 0 saturated carbocycles. The van der Waals surface area contributed by atoms with E-state index in [1.165, 1.54) is 0 Å². The monoisotopic (exact) mass is 510 g/mol. The van der Waals surface area contributed by atoms with E-state index >= 15 is 0 Å². The highest BCUT2D eigenvalue weighted by Crippen LogP contribution is 2.30. The van der Waals surface area contributed by atoms with Crippen molar-refractivity contribution in [3.63, 3.8) is 0 Å². The molecule has 4 aromatic carbocycles. The number of carbonyl (C=O) groups is 2. The maximum absolute atomic E-state index is 12.6. The van der Waals surface area contributed by atoms with Gasteiger partial charge in [-0.2, -0.15) is 0 Å². The highest BCUT2D eigenvalue weighted by Gasteiger charge is 2.24. The Kier molecular flexibility index (Phi) is 9.10. The van der Waals surface area contributed by atoms with Gasteiger partial charge in [0.1, 0.15) is 19.3 Å². The zero-order valence-electron chi connectivity index (χ0n) is 20.8. The van der Waals surface area contributed by atoms with Gasteiger partial charge in [0, 0.05) is 6.42 Å². The summed E-state index contributed by atoms with van der Waals surface area (Å²) in [5.74, 6) is -0.369. The molecule has 0 aliphatic heterocycles. The lowest BCUT2D eigenvalue weighted by Crippen LogP contribution is -2.47. The largest absolute Gasteiger partial charge is 0.485 e. The van der Waals surface area contributed by atoms with E-state index in [9.17, 15) is 14.7 Å². The van der Waals surface area contributed by atoms with Crippen LogP contribution in [0.25, 0.3) is 0 Å². The third-order valence-electron chi connectivity index (χ3n) is 5.95. The van der Waals surface area contributed by atoms with Crippen molar-refractivity contribution in [2.45, 2.75) is 31.8 Å². The Morgan fingerprint density at radius 1 is 0.711 bits per heavy atom. The lowest BCUT2D eigenvalue weighted by atomic mass is 10.0. The topological polar surface area (TPSA) is 111 Å². The molecule has 194 valence electrons. The number of aliphatic hydroxyl groups is 1. The highest BCUT2D eigenvalue weighted by molar-refractivity contribution is 5.89. The molecule has 0 saturated heterocycles. The Morgan fingerprint density at radius 2 is 1.24 bits per heavy atom. The number of ether oxygens (including phenoxy) is 2. The first-order valence-corrected chi connectivity index (χ1v) is 12.3. The fraction of sp³-hybridized carbons (Fsp3) is 0.161. The summed E-state index contributed by atoms with van der Waals surface area (Å²) in [6.07, 6.45) is -1.31. The number of carbonyl (C=O) groups excluding carboxylic acids is 2. The van der Waals surface area contributed by atoms with Crippen molar-refractivity contribution in [1.82, 2.24) is 5.32 Å². The molecular weight excluding hydrogens is 480 g/mol. The summed E-state index contributed by atoms with van der Waals surface area (Å²) in [4.78, 5) is 24.8. The molecule has 38 heavy (non-hydrogen) atoms. The van der Waals surface area contributed by atoms with E-state index in [1.807, 2.05) is 60.7 Å². The normalized spacial score (nSPS) is 12.2. The minimum absolute atomic E-state index is 0.114. The molecule has 0 radical (unpaired) electrons. The zero-order valence-corrected chi connectivity index (χ0v) is 20.8. The molecule has 0 aliphatic rings. The van der Waals surface area contributed by atoms with Crippen LogP contribution in [-0.2, 0) is 29.2 Å². The van der Waals surface area contributed by atoms with Crippen LogP contribution < -0.4 is 20.5 Å². The summed E-state index contributed by atoms with van der Waals surface area (Å²) >= 11 is 0. The van der Waals surface area contributed by atoms with Crippen LogP contribution in [0, 0.1) is 0 Å². The Balaban J connectivity index is 1.50. The van der Waals surface area contributed by atoms with Gasteiger partial charge in [-0.15, -0.1) is 0 Å². The Labute approximate surface area is 221 Å². The third kappa shape index (κ3) is 7.44. The van der Waals surface area contributed by atoms with Crippen LogP contribution in [0.5, 0.6) is 11.5 Å². The first-order valence-electron chi connectivity index (χ1n) is 12.3. The molecule has 2 amide bonds. The average molecular weight is 511 g/mol. The summed E-state index contributed by atoms with van der Waals surface area (Å²) in [7, 11) is 0. The molecule has 0 fully saturated rings. The van der Waals surface area contributed by atoms with Crippen LogP contribution in [-0.4, -0.2) is 23.0 Å². The van der Waals surface area contributed by atoms with Gasteiger partial charge >= 0.3 is 0 Å². The summed E-state index contributed by atoms with van der Waals surface area (Å²) in [6, 6.07) is 32.3. The van der Waals surface area contributed by atoms with Crippen LogP contribution in [0.1, 0.15) is 28.4 Å². The summed E-state index contributed by atoms with van der Waals surface area (Å²) in [5, 5.41) is 13.0. The van der Waals surface area contributed by atoms with Gasteiger partial charge in [0.05, 0.1) is 0 Å². The lowest BCUT2D eigenvalue weighted by molar-refractivity contribution is -0.133. The molecule has 4 aromatic rings. The van der Waals surface area contributed by atoms with Crippen molar-refractivity contribution in [3.8, 4) is 11.5 Å². The van der Waals surface area contributed by atoms with Crippen LogP contribution >= 0.6 is 0 Å². The fourth-order valence-corrected chi connectivity index (χ4v) is 3.88. The molecule has 0 spiro atoms. The SMILES string of the molecule is NC(=O)[C@@H](Cc1ccc(OCc2ccccc2)c(OCc2ccccc2)c1)NC(=O)[C@@H](O)c1ccccc1. The molecule has 2 atom stereocenters. The Bertz CT molecular complexity index is 1330. The second-order valence-electron chi connectivity index (χ2n) is 8.81. The van der Waals surface area contributed by atoms with Crippen molar-refractivity contribution < 1.29 is 24.2 Å². The molecule has 4 rings (SSSR count). The summed E-state index contributed by atoms with van der Waals surface area (Å²) in [6.45, 7) is 0.685. The minimum atomic E-state index is -1.42. The van der Waals surface area contributed by atoms with Gasteiger partial charge in [-0.25, -0.2) is 0 Å². The number of benzene rings is 4. The smallest absolute Gasteiger partial charge is 0.254 e. The van der Waals surface area contributed by atoms with Crippen LogP contribution in [0.4, 0.5) is 0 Å². The van der Waals surface area contributed by atoms with Crippen molar-refractivity contribution in [3.05, 3.63) is 131 Å². The first-order chi connectivity index (χ1) is 18.5. The van der Waals surface area contributed by atoms with Crippen LogP contribution in [0.2, 0.25) is 0 Å². The number of aliphatic hydroxyl groups excluding tert-OH is 1. The van der Waals surface area contributed by atoms with E-state index in [1.54, 1.807) is 48.5 Å². The lowest BCUT2D eigenvalue weighted by Gasteiger charge is -2.19. The third-order valence-corrected chi connectivity index (χ3v) is 5.95. The van der Waals surface area contributed by atoms with E-state index in [0.717, 1.165) is 11.1 Å². The van der Waals surface area contributed by atoms with E-state index in [4.69, 9.17) is 15.2 Å². The average Bonchev–Trinajstić information content (AvgIpc) is 2.96. The van der Waals surface area contributed by atoms with Gasteiger partial charge in [0.2, 0.25) is 5.91 Å². The van der Waals surface area contributed by atoms with Gasteiger partial charge in [-0.05, 0) is 34.4 Å². The zero-order chi connectivity index (χ0) is 26.7. The Hall–Kier alpha value is -4.62. The molecule has 7 heteroatoms. The summed E-state index contributed by atoms with van der Waals surface area (Å²) in [5.41, 5.74) is 8.73. The second-order valence-corrected chi connectivity index (χ2v) is 8.81. The van der Waals surface area contributed by atoms with Crippen molar-refractivity contribution in [2.24, 2.45) is 5.73 Å². The molecule has 0 unspecified atom stereocenters. The van der Waals surface area contributed by atoms with Crippen molar-refractivity contribution in [2.75, 3.05) is 0 Å². The Morgan fingerprint density at radius 3 is 1.79 bits per heavy atom. The number of primary amides is 1. The van der Waals surface area contributed by atoms with Gasteiger partial charge < -0.3 is 25.6 Å². The maximum atomic E-state index is 12.6. The maximum Gasteiger partial charge on any atom is 0.254 e. The first kappa shape index (κ1) is 26.4. The number of amides is 2. The highest BCUT2D eigenvalue weighted by atomic mass is 16.5. The molecule has 0 heterocycles. The predicted molar refractivity (Wildman–Crippen MR) is 144 cm³/mol. The van der Waals surface area contributed by atoms with E-state index in [0.29, 0.717) is 35.8 Å². The van der Waals surface area contributed by atoms with Crippen molar-refractivity contribution >= 4 is 11.8 Å². The van der Waals surface area contributed by atoms with Crippen LogP contribution in [0.3, 0.4) is 0 Å².